The maximum Gasteiger partial charge on any atom is -0.00187 e. The molecule has 0 bridgehead atoms. The molecule has 0 aromatic rings. The number of hydrogen-bond acceptors (Lipinski definition) is 1. The Morgan fingerprint density at radius 3 is 0.828 bits per heavy atom. The lowest BCUT2D eigenvalue weighted by atomic mass is 10.0. The molecule has 176 valence electrons. The second kappa shape index (κ2) is 26.0. The Labute approximate surface area is 186 Å². The van der Waals surface area contributed by atoms with E-state index in [1.54, 1.807) is 0 Å². The van der Waals surface area contributed by atoms with Crippen LogP contribution in [-0.2, 0) is 0 Å². The molecule has 0 atom stereocenters. The van der Waals surface area contributed by atoms with Gasteiger partial charge in [0.05, 0.1) is 0 Å². The van der Waals surface area contributed by atoms with Crippen LogP contribution in [0.4, 0.5) is 0 Å². The van der Waals surface area contributed by atoms with Crippen LogP contribution in [0.15, 0.2) is 0 Å². The van der Waals surface area contributed by atoms with E-state index >= 15 is 0 Å². The van der Waals surface area contributed by atoms with Crippen molar-refractivity contribution in [1.29, 1.82) is 0 Å². The van der Waals surface area contributed by atoms with Gasteiger partial charge in [-0.25, -0.2) is 0 Å². The first-order chi connectivity index (χ1) is 14.3. The van der Waals surface area contributed by atoms with Crippen LogP contribution in [0.2, 0.25) is 0 Å². The minimum Gasteiger partial charge on any atom is -0.303 e. The van der Waals surface area contributed by atoms with Crippen molar-refractivity contribution in [1.82, 2.24) is 4.90 Å². The van der Waals surface area contributed by atoms with Crippen molar-refractivity contribution >= 4 is 0 Å². The zero-order valence-electron chi connectivity index (χ0n) is 21.1. The first-order valence-corrected chi connectivity index (χ1v) is 14.1. The molecule has 0 rings (SSSR count). The summed E-state index contributed by atoms with van der Waals surface area (Å²) in [6.07, 6.45) is 32.0. The van der Waals surface area contributed by atoms with Crippen molar-refractivity contribution in [3.8, 4) is 0 Å². The van der Waals surface area contributed by atoms with Gasteiger partial charge in [-0.05, 0) is 38.9 Å². The highest BCUT2D eigenvalue weighted by atomic mass is 15.1. The summed E-state index contributed by atoms with van der Waals surface area (Å²) in [5.74, 6) is 0. The van der Waals surface area contributed by atoms with Gasteiger partial charge in [-0.2, -0.15) is 0 Å². The molecular formula is C28H59N. The van der Waals surface area contributed by atoms with E-state index in [0.717, 1.165) is 0 Å². The van der Waals surface area contributed by atoms with Crippen molar-refractivity contribution in [2.75, 3.05) is 19.6 Å². The van der Waals surface area contributed by atoms with Crippen LogP contribution in [0.5, 0.6) is 0 Å². The average molecular weight is 410 g/mol. The quantitative estimate of drug-likeness (QED) is 0.136. The summed E-state index contributed by atoms with van der Waals surface area (Å²) in [5.41, 5.74) is 0. The summed E-state index contributed by atoms with van der Waals surface area (Å²) in [4.78, 5) is 2.66. The molecule has 0 N–H and O–H groups in total. The van der Waals surface area contributed by atoms with Gasteiger partial charge in [0.2, 0.25) is 0 Å². The third kappa shape index (κ3) is 24.1. The zero-order valence-corrected chi connectivity index (χ0v) is 21.1. The van der Waals surface area contributed by atoms with Gasteiger partial charge in [-0.15, -0.1) is 0 Å². The monoisotopic (exact) mass is 409 g/mol. The van der Waals surface area contributed by atoms with Crippen molar-refractivity contribution in [2.45, 2.75) is 162 Å². The molecule has 0 aliphatic heterocycles. The topological polar surface area (TPSA) is 3.24 Å². The molecule has 0 amide bonds. The Morgan fingerprint density at radius 1 is 0.276 bits per heavy atom. The molecule has 0 aliphatic carbocycles. The van der Waals surface area contributed by atoms with Gasteiger partial charge in [0.25, 0.3) is 0 Å². The Morgan fingerprint density at radius 2 is 0.552 bits per heavy atom. The van der Waals surface area contributed by atoms with Gasteiger partial charge < -0.3 is 4.90 Å². The summed E-state index contributed by atoms with van der Waals surface area (Å²) in [7, 11) is 0. The molecule has 29 heavy (non-hydrogen) atoms. The second-order valence-electron chi connectivity index (χ2n) is 9.56. The Kier molecular flexibility index (Phi) is 26.0. The Hall–Kier alpha value is -0.0400. The fraction of sp³-hybridized carbons (Fsp3) is 1.00. The predicted octanol–water partition coefficient (Wildman–Crippen LogP) is 9.93. The summed E-state index contributed by atoms with van der Waals surface area (Å²) in [5, 5.41) is 0. The maximum absolute atomic E-state index is 2.66. The van der Waals surface area contributed by atoms with Gasteiger partial charge >= 0.3 is 0 Å². The third-order valence-corrected chi connectivity index (χ3v) is 6.41. The van der Waals surface area contributed by atoms with E-state index in [4.69, 9.17) is 0 Å². The predicted molar refractivity (Wildman–Crippen MR) is 135 cm³/mol. The van der Waals surface area contributed by atoms with Crippen LogP contribution in [0.25, 0.3) is 0 Å². The van der Waals surface area contributed by atoms with E-state index in [1.807, 2.05) is 0 Å². The van der Waals surface area contributed by atoms with Crippen LogP contribution in [0.1, 0.15) is 162 Å². The third-order valence-electron chi connectivity index (χ3n) is 6.41. The van der Waals surface area contributed by atoms with Crippen LogP contribution in [0.3, 0.4) is 0 Å². The fourth-order valence-corrected chi connectivity index (χ4v) is 4.56. The van der Waals surface area contributed by atoms with Crippen molar-refractivity contribution in [3.05, 3.63) is 0 Å². The molecule has 0 heterocycles. The van der Waals surface area contributed by atoms with Gasteiger partial charge in [0.15, 0.2) is 0 Å². The molecule has 0 aromatic heterocycles. The normalized spacial score (nSPS) is 11.6. The number of rotatable bonds is 25. The minimum absolute atomic E-state index is 1.30. The standard InChI is InChI=1S/C28H59N/c1-4-7-8-9-10-11-12-13-14-15-16-17-18-19-20-21-22-23-24-25-28-29(26-5-2)27-6-3/h4-28H2,1-3H3. The van der Waals surface area contributed by atoms with E-state index in [2.05, 4.69) is 25.7 Å². The van der Waals surface area contributed by atoms with Gasteiger partial charge in [-0.3, -0.25) is 0 Å². The summed E-state index contributed by atoms with van der Waals surface area (Å²) >= 11 is 0. The molecular weight excluding hydrogens is 350 g/mol. The SMILES string of the molecule is CCCCCCCCCCCCCCCCCCCCCCN(CCC)CCC. The van der Waals surface area contributed by atoms with Gasteiger partial charge in [0, 0.05) is 0 Å². The van der Waals surface area contributed by atoms with Crippen molar-refractivity contribution in [3.63, 3.8) is 0 Å². The molecule has 0 aliphatic rings. The second-order valence-corrected chi connectivity index (χ2v) is 9.56. The largest absolute Gasteiger partial charge is 0.303 e. The molecule has 0 saturated heterocycles. The molecule has 1 heteroatoms. The van der Waals surface area contributed by atoms with Gasteiger partial charge in [0.1, 0.15) is 0 Å². The Balaban J connectivity index is 3.11. The summed E-state index contributed by atoms with van der Waals surface area (Å²) < 4.78 is 0. The first-order valence-electron chi connectivity index (χ1n) is 14.1. The van der Waals surface area contributed by atoms with Crippen LogP contribution in [-0.4, -0.2) is 24.5 Å². The van der Waals surface area contributed by atoms with Crippen LogP contribution < -0.4 is 0 Å². The molecule has 0 radical (unpaired) electrons. The van der Waals surface area contributed by atoms with Crippen LogP contribution in [0, 0.1) is 0 Å². The van der Waals surface area contributed by atoms with E-state index in [9.17, 15) is 0 Å². The van der Waals surface area contributed by atoms with E-state index in [1.165, 1.54) is 161 Å². The lowest BCUT2D eigenvalue weighted by Crippen LogP contribution is -2.26. The number of unbranched alkanes of at least 4 members (excludes halogenated alkanes) is 19. The van der Waals surface area contributed by atoms with Gasteiger partial charge in [-0.1, -0.05) is 143 Å². The molecule has 0 unspecified atom stereocenters. The highest BCUT2D eigenvalue weighted by Gasteiger charge is 2.01. The highest BCUT2D eigenvalue weighted by molar-refractivity contribution is 4.57. The lowest BCUT2D eigenvalue weighted by Gasteiger charge is -2.20. The lowest BCUT2D eigenvalue weighted by molar-refractivity contribution is 0.267. The minimum atomic E-state index is 1.30. The molecule has 0 spiro atoms. The Bertz CT molecular complexity index is 269. The molecule has 0 fully saturated rings. The highest BCUT2D eigenvalue weighted by Crippen LogP contribution is 2.15. The number of hydrogen-bond donors (Lipinski definition) is 0. The van der Waals surface area contributed by atoms with Crippen LogP contribution >= 0.6 is 0 Å². The van der Waals surface area contributed by atoms with E-state index in [0.29, 0.717) is 0 Å². The molecule has 0 saturated carbocycles. The van der Waals surface area contributed by atoms with E-state index < -0.39 is 0 Å². The summed E-state index contributed by atoms with van der Waals surface area (Å²) in [6, 6.07) is 0. The molecule has 1 nitrogen and oxygen atoms in total. The average Bonchev–Trinajstić information content (AvgIpc) is 2.72. The van der Waals surface area contributed by atoms with E-state index in [-0.39, 0.29) is 0 Å². The molecule has 0 aromatic carbocycles. The summed E-state index contributed by atoms with van der Waals surface area (Å²) in [6.45, 7) is 10.8. The fourth-order valence-electron chi connectivity index (χ4n) is 4.56. The maximum atomic E-state index is 2.66. The number of nitrogens with zero attached hydrogens (tertiary/aromatic N) is 1. The smallest absolute Gasteiger partial charge is 0.00187 e. The van der Waals surface area contributed by atoms with Crippen molar-refractivity contribution < 1.29 is 0 Å². The first kappa shape index (κ1) is 29.0. The zero-order chi connectivity index (χ0) is 21.3. The van der Waals surface area contributed by atoms with Crippen molar-refractivity contribution in [2.24, 2.45) is 0 Å².